The first-order valence-electron chi connectivity index (χ1n) is 13.9. The molecule has 216 valence electrons. The normalized spacial score (nSPS) is 15.3. The molecule has 1 amide bonds. The first-order chi connectivity index (χ1) is 20.2. The molecular weight excluding hydrogens is 552 g/mol. The molecule has 4 aromatic rings. The Bertz CT molecular complexity index is 1780. The number of hydrogen-bond acceptors (Lipinski definition) is 5. The van der Waals surface area contributed by atoms with E-state index < -0.39 is 5.56 Å². The molecule has 3 heterocycles. The van der Waals surface area contributed by atoms with Crippen molar-refractivity contribution in [1.82, 2.24) is 19.2 Å². The van der Waals surface area contributed by atoms with Gasteiger partial charge in [0.1, 0.15) is 0 Å². The summed E-state index contributed by atoms with van der Waals surface area (Å²) in [5.74, 6) is -0.0231. The van der Waals surface area contributed by atoms with Crippen molar-refractivity contribution in [2.75, 3.05) is 31.1 Å². The van der Waals surface area contributed by atoms with Crippen molar-refractivity contribution < 1.29 is 9.90 Å². The van der Waals surface area contributed by atoms with Gasteiger partial charge in [0.25, 0.3) is 11.2 Å². The number of rotatable bonds is 7. The van der Waals surface area contributed by atoms with Gasteiger partial charge in [-0.1, -0.05) is 50.2 Å². The van der Waals surface area contributed by atoms with Crippen LogP contribution in [0.15, 0.2) is 66.2 Å². The summed E-state index contributed by atoms with van der Waals surface area (Å²) in [5, 5.41) is 14.8. The maximum absolute atomic E-state index is 14.4. The lowest BCUT2D eigenvalue weighted by atomic mass is 9.99. The minimum absolute atomic E-state index is 0.0102. The van der Waals surface area contributed by atoms with Crippen molar-refractivity contribution in [3.8, 4) is 16.8 Å². The predicted molar refractivity (Wildman–Crippen MR) is 167 cm³/mol. The molecule has 0 bridgehead atoms. The molecule has 2 aromatic carbocycles. The van der Waals surface area contributed by atoms with E-state index in [0.29, 0.717) is 59.0 Å². The van der Waals surface area contributed by atoms with Gasteiger partial charge in [-0.15, -0.1) is 0 Å². The number of fused-ring (bicyclic) bond motifs is 1. The number of halogens is 1. The lowest BCUT2D eigenvalue weighted by Crippen LogP contribution is -2.53. The third kappa shape index (κ3) is 5.08. The summed E-state index contributed by atoms with van der Waals surface area (Å²) in [6.07, 6.45) is 4.79. The Morgan fingerprint density at radius 3 is 2.71 bits per heavy atom. The highest BCUT2D eigenvalue weighted by atomic mass is 35.5. The van der Waals surface area contributed by atoms with Crippen LogP contribution in [0.4, 0.5) is 11.4 Å². The summed E-state index contributed by atoms with van der Waals surface area (Å²) in [6, 6.07) is 11.3. The highest BCUT2D eigenvalue weighted by Crippen LogP contribution is 2.42. The number of benzene rings is 2. The average Bonchev–Trinajstić information content (AvgIpc) is 3.44. The zero-order valence-electron chi connectivity index (χ0n) is 23.9. The molecule has 0 spiro atoms. The maximum Gasteiger partial charge on any atom is 0.274 e. The highest BCUT2D eigenvalue weighted by molar-refractivity contribution is 6.34. The zero-order valence-corrected chi connectivity index (χ0v) is 24.7. The van der Waals surface area contributed by atoms with Gasteiger partial charge in [0.05, 0.1) is 42.8 Å². The van der Waals surface area contributed by atoms with Gasteiger partial charge in [-0.2, -0.15) is 5.10 Å². The van der Waals surface area contributed by atoms with E-state index in [2.05, 4.69) is 30.4 Å². The van der Waals surface area contributed by atoms with Gasteiger partial charge in [0, 0.05) is 53.4 Å². The van der Waals surface area contributed by atoms with E-state index in [1.165, 1.54) is 6.08 Å². The molecule has 1 aliphatic rings. The Hall–Kier alpha value is -4.39. The van der Waals surface area contributed by atoms with Gasteiger partial charge >= 0.3 is 0 Å². The summed E-state index contributed by atoms with van der Waals surface area (Å²) >= 11 is 6.94. The molecule has 42 heavy (non-hydrogen) atoms. The first kappa shape index (κ1) is 29.1. The molecule has 2 aromatic heterocycles. The lowest BCUT2D eigenvalue weighted by molar-refractivity contribution is -0.126. The Balaban J connectivity index is 1.83. The second-order valence-electron chi connectivity index (χ2n) is 10.8. The van der Waals surface area contributed by atoms with E-state index >= 15 is 0 Å². The Morgan fingerprint density at radius 2 is 2.05 bits per heavy atom. The fourth-order valence-corrected chi connectivity index (χ4v) is 6.03. The first-order valence-corrected chi connectivity index (χ1v) is 14.3. The number of aliphatic hydroxyl groups excluding tert-OH is 1. The lowest BCUT2D eigenvalue weighted by Gasteiger charge is -2.42. The smallest absolute Gasteiger partial charge is 0.274 e. The monoisotopic (exact) mass is 584 g/mol. The topological polar surface area (TPSA) is 88.0 Å². The molecule has 0 radical (unpaired) electrons. The summed E-state index contributed by atoms with van der Waals surface area (Å²) in [6.45, 7) is 19.5. The van der Waals surface area contributed by atoms with E-state index in [-0.39, 0.29) is 30.2 Å². The molecule has 0 saturated carbocycles. The van der Waals surface area contributed by atoms with Crippen LogP contribution in [-0.4, -0.2) is 62.5 Å². The van der Waals surface area contributed by atoms with Gasteiger partial charge in [0.2, 0.25) is 5.91 Å². The molecular formula is C32H33ClN6O3. The van der Waals surface area contributed by atoms with E-state index in [4.69, 9.17) is 18.2 Å². The second-order valence-corrected chi connectivity index (χ2v) is 11.2. The number of hydrogen-bond donors (Lipinski definition) is 1. The molecule has 10 heteroatoms. The van der Waals surface area contributed by atoms with E-state index in [1.807, 2.05) is 48.2 Å². The minimum Gasteiger partial charge on any atom is -0.394 e. The number of pyridine rings is 1. The molecule has 1 N–H and O–H groups in total. The number of carbonyl (C=O) groups is 1. The highest BCUT2D eigenvalue weighted by Gasteiger charge is 2.31. The zero-order chi connectivity index (χ0) is 30.1. The molecule has 5 rings (SSSR count). The van der Waals surface area contributed by atoms with Crippen LogP contribution in [-0.2, 0) is 11.3 Å². The standard InChI is InChI=1S/C32H33ClN6O3/c1-6-29(41)36-11-12-38(21(4)18-36)31-25-15-26(33)24(22-17-35-37(19-22)13-14-40)16-28(25)39(32(42)30(31)34-5)27-10-8-7-9-23(27)20(2)3/h6-10,15-17,19-21,40H,1,11-14,18H2,2-4H3/t21-/m0/s1. The second kappa shape index (κ2) is 11.8. The third-order valence-electron chi connectivity index (χ3n) is 7.80. The summed E-state index contributed by atoms with van der Waals surface area (Å²) < 4.78 is 3.26. The van der Waals surface area contributed by atoms with Gasteiger partial charge in [-0.3, -0.25) is 18.8 Å². The molecule has 1 atom stereocenters. The minimum atomic E-state index is -0.415. The van der Waals surface area contributed by atoms with Crippen molar-refractivity contribution >= 4 is 39.8 Å². The van der Waals surface area contributed by atoms with Crippen molar-refractivity contribution in [1.29, 1.82) is 0 Å². The van der Waals surface area contributed by atoms with Crippen molar-refractivity contribution in [2.24, 2.45) is 0 Å². The van der Waals surface area contributed by atoms with E-state index in [9.17, 15) is 14.7 Å². The SMILES string of the molecule is [C-]#[N+]c1c(N2CCN(C(=O)C=C)C[C@@H]2C)c2cc(Cl)c(-c3cnn(CCO)c3)cc2n(-c2ccccc2C(C)C)c1=O. The average molecular weight is 585 g/mol. The van der Waals surface area contributed by atoms with Gasteiger partial charge < -0.3 is 14.9 Å². The van der Waals surface area contributed by atoms with Crippen LogP contribution in [0.5, 0.6) is 0 Å². The number of amides is 1. The summed E-state index contributed by atoms with van der Waals surface area (Å²) in [5.41, 5.74) is 3.83. The Labute approximate surface area is 249 Å². The Kier molecular flexibility index (Phi) is 8.21. The van der Waals surface area contributed by atoms with Crippen LogP contribution < -0.4 is 10.5 Å². The van der Waals surface area contributed by atoms with Crippen molar-refractivity contribution in [2.45, 2.75) is 39.3 Å². The van der Waals surface area contributed by atoms with Crippen LogP contribution in [0.2, 0.25) is 5.02 Å². The molecule has 1 aliphatic heterocycles. The van der Waals surface area contributed by atoms with Crippen molar-refractivity contribution in [3.05, 3.63) is 93.8 Å². The number of carbonyl (C=O) groups excluding carboxylic acids is 1. The number of aromatic nitrogens is 3. The molecule has 9 nitrogen and oxygen atoms in total. The fraction of sp³-hybridized carbons (Fsp3) is 0.312. The summed E-state index contributed by atoms with van der Waals surface area (Å²) in [4.78, 5) is 34.3. The van der Waals surface area contributed by atoms with Crippen molar-refractivity contribution in [3.63, 3.8) is 0 Å². The molecule has 1 fully saturated rings. The van der Waals surface area contributed by atoms with E-state index in [1.54, 1.807) is 26.5 Å². The quantitative estimate of drug-likeness (QED) is 0.232. The number of aliphatic hydroxyl groups is 1. The van der Waals surface area contributed by atoms with Gasteiger partial charge in [0.15, 0.2) is 0 Å². The maximum atomic E-state index is 14.4. The van der Waals surface area contributed by atoms with Crippen LogP contribution in [0.3, 0.4) is 0 Å². The predicted octanol–water partition coefficient (Wildman–Crippen LogP) is 5.40. The molecule has 1 saturated heterocycles. The fourth-order valence-electron chi connectivity index (χ4n) is 5.76. The van der Waals surface area contributed by atoms with Gasteiger partial charge in [-0.05, 0) is 42.7 Å². The number of nitrogens with zero attached hydrogens (tertiary/aromatic N) is 6. The largest absolute Gasteiger partial charge is 0.394 e. The van der Waals surface area contributed by atoms with Crippen LogP contribution in [0.1, 0.15) is 32.3 Å². The van der Waals surface area contributed by atoms with Crippen LogP contribution >= 0.6 is 11.6 Å². The summed E-state index contributed by atoms with van der Waals surface area (Å²) in [7, 11) is 0. The number of para-hydroxylation sites is 1. The molecule has 0 unspecified atom stereocenters. The van der Waals surface area contributed by atoms with E-state index in [0.717, 1.165) is 11.1 Å². The van der Waals surface area contributed by atoms with Gasteiger partial charge in [-0.25, -0.2) is 4.85 Å². The number of piperazine rings is 1. The molecule has 0 aliphatic carbocycles. The third-order valence-corrected chi connectivity index (χ3v) is 8.11. The Morgan fingerprint density at radius 1 is 1.29 bits per heavy atom. The number of anilines is 1. The van der Waals surface area contributed by atoms with Crippen LogP contribution in [0, 0.1) is 6.57 Å². The van der Waals surface area contributed by atoms with Crippen LogP contribution in [0.25, 0.3) is 32.6 Å².